The normalized spacial score (nSPS) is 33.2. The van der Waals surface area contributed by atoms with E-state index in [2.05, 4.69) is 6.58 Å². The Bertz CT molecular complexity index is 209. The van der Waals surface area contributed by atoms with Gasteiger partial charge in [-0.3, -0.25) is 0 Å². The van der Waals surface area contributed by atoms with E-state index >= 15 is 0 Å². The van der Waals surface area contributed by atoms with Crippen molar-refractivity contribution in [3.05, 3.63) is 12.7 Å². The molecule has 1 heterocycles. The Labute approximate surface area is 70.8 Å². The fraction of sp³-hybridized carbons (Fsp3) is 0.625. The first kappa shape index (κ1) is 9.22. The molecule has 0 bridgehead atoms. The molecule has 0 radical (unpaired) electrons. The lowest BCUT2D eigenvalue weighted by molar-refractivity contribution is -0.165. The van der Waals surface area contributed by atoms with Gasteiger partial charge in [0.25, 0.3) is 0 Å². The molecular formula is C8H12O4. The second-order valence-corrected chi connectivity index (χ2v) is 3.09. The van der Waals surface area contributed by atoms with Crippen LogP contribution in [0.15, 0.2) is 12.7 Å². The fourth-order valence-electron chi connectivity index (χ4n) is 1.15. The van der Waals surface area contributed by atoms with Gasteiger partial charge in [0.1, 0.15) is 6.10 Å². The largest absolute Gasteiger partial charge is 0.479 e. The van der Waals surface area contributed by atoms with Crippen LogP contribution in [0.4, 0.5) is 0 Å². The second-order valence-electron chi connectivity index (χ2n) is 3.09. The van der Waals surface area contributed by atoms with Gasteiger partial charge in [0.2, 0.25) is 0 Å². The van der Waals surface area contributed by atoms with Crippen LogP contribution in [0.1, 0.15) is 13.8 Å². The van der Waals surface area contributed by atoms with Gasteiger partial charge >= 0.3 is 5.97 Å². The van der Waals surface area contributed by atoms with E-state index in [1.807, 2.05) is 0 Å². The molecule has 0 amide bonds. The van der Waals surface area contributed by atoms with E-state index in [9.17, 15) is 4.79 Å². The number of carboxylic acids is 1. The maximum Gasteiger partial charge on any atom is 0.336 e. The van der Waals surface area contributed by atoms with Crippen LogP contribution in [-0.4, -0.2) is 29.1 Å². The van der Waals surface area contributed by atoms with Crippen LogP contribution in [0.3, 0.4) is 0 Å². The Morgan fingerprint density at radius 1 is 1.58 bits per heavy atom. The van der Waals surface area contributed by atoms with Gasteiger partial charge in [0, 0.05) is 0 Å². The van der Waals surface area contributed by atoms with E-state index in [0.717, 1.165) is 0 Å². The van der Waals surface area contributed by atoms with Crippen LogP contribution in [0, 0.1) is 0 Å². The molecule has 4 nitrogen and oxygen atoms in total. The lowest BCUT2D eigenvalue weighted by atomic mass is 10.2. The number of aliphatic carboxylic acids is 1. The third-order valence-electron chi connectivity index (χ3n) is 1.60. The molecule has 0 aromatic rings. The number of ether oxygens (including phenoxy) is 2. The van der Waals surface area contributed by atoms with Crippen LogP contribution < -0.4 is 0 Å². The summed E-state index contributed by atoms with van der Waals surface area (Å²) in [6.07, 6.45) is -0.0527. The minimum Gasteiger partial charge on any atom is -0.479 e. The van der Waals surface area contributed by atoms with E-state index in [-0.39, 0.29) is 0 Å². The number of hydrogen-bond donors (Lipinski definition) is 1. The summed E-state index contributed by atoms with van der Waals surface area (Å²) in [5, 5.41) is 8.69. The molecule has 0 unspecified atom stereocenters. The SMILES string of the molecule is C=C[C@H]1OC(C)(C)O[C@H]1C(=O)O. The predicted octanol–water partition coefficient (Wildman–Crippen LogP) is 0.777. The zero-order valence-corrected chi connectivity index (χ0v) is 7.11. The molecular weight excluding hydrogens is 160 g/mol. The van der Waals surface area contributed by atoms with Crippen molar-refractivity contribution in [2.45, 2.75) is 31.8 Å². The number of carboxylic acid groups (broad SMARTS) is 1. The molecule has 12 heavy (non-hydrogen) atoms. The molecule has 4 heteroatoms. The molecule has 1 N–H and O–H groups in total. The van der Waals surface area contributed by atoms with Crippen molar-refractivity contribution in [3.8, 4) is 0 Å². The summed E-state index contributed by atoms with van der Waals surface area (Å²) < 4.78 is 10.4. The Balaban J connectivity index is 2.76. The molecule has 1 aliphatic heterocycles. The van der Waals surface area contributed by atoms with Crippen LogP contribution >= 0.6 is 0 Å². The number of carbonyl (C=O) groups is 1. The van der Waals surface area contributed by atoms with E-state index in [0.29, 0.717) is 0 Å². The highest BCUT2D eigenvalue weighted by molar-refractivity contribution is 5.73. The molecule has 1 rings (SSSR count). The summed E-state index contributed by atoms with van der Waals surface area (Å²) in [6.45, 7) is 6.82. The van der Waals surface area contributed by atoms with Gasteiger partial charge in [0.05, 0.1) is 0 Å². The number of rotatable bonds is 2. The van der Waals surface area contributed by atoms with Crippen molar-refractivity contribution in [1.82, 2.24) is 0 Å². The third-order valence-corrected chi connectivity index (χ3v) is 1.60. The molecule has 68 valence electrons. The second kappa shape index (κ2) is 2.88. The average molecular weight is 172 g/mol. The zero-order valence-electron chi connectivity index (χ0n) is 7.11. The van der Waals surface area contributed by atoms with Crippen molar-refractivity contribution in [3.63, 3.8) is 0 Å². The summed E-state index contributed by atoms with van der Waals surface area (Å²) in [6, 6.07) is 0. The first-order chi connectivity index (χ1) is 5.46. The maximum absolute atomic E-state index is 10.6. The Kier molecular flexibility index (Phi) is 2.21. The molecule has 0 aliphatic carbocycles. The van der Waals surface area contributed by atoms with Crippen molar-refractivity contribution >= 4 is 5.97 Å². The summed E-state index contributed by atoms with van der Waals surface area (Å²) in [7, 11) is 0. The molecule has 0 spiro atoms. The number of hydrogen-bond acceptors (Lipinski definition) is 3. The molecule has 1 saturated heterocycles. The summed E-state index contributed by atoms with van der Waals surface area (Å²) in [4.78, 5) is 10.6. The molecule has 1 fully saturated rings. The Morgan fingerprint density at radius 3 is 2.50 bits per heavy atom. The van der Waals surface area contributed by atoms with Gasteiger partial charge in [-0.1, -0.05) is 6.08 Å². The first-order valence-electron chi connectivity index (χ1n) is 3.67. The smallest absolute Gasteiger partial charge is 0.336 e. The average Bonchev–Trinajstić information content (AvgIpc) is 2.25. The van der Waals surface area contributed by atoms with Crippen LogP contribution in [0.25, 0.3) is 0 Å². The lowest BCUT2D eigenvalue weighted by Gasteiger charge is -2.15. The van der Waals surface area contributed by atoms with Gasteiger partial charge in [-0.25, -0.2) is 4.79 Å². The van der Waals surface area contributed by atoms with Crippen molar-refractivity contribution in [2.24, 2.45) is 0 Å². The van der Waals surface area contributed by atoms with E-state index in [1.165, 1.54) is 6.08 Å². The van der Waals surface area contributed by atoms with Crippen molar-refractivity contribution in [1.29, 1.82) is 0 Å². The quantitative estimate of drug-likeness (QED) is 0.625. The monoisotopic (exact) mass is 172 g/mol. The third kappa shape index (κ3) is 1.65. The van der Waals surface area contributed by atoms with E-state index in [1.54, 1.807) is 13.8 Å². The van der Waals surface area contributed by atoms with Crippen LogP contribution in [0.2, 0.25) is 0 Å². The summed E-state index contributed by atoms with van der Waals surface area (Å²) >= 11 is 0. The van der Waals surface area contributed by atoms with Gasteiger partial charge in [-0.05, 0) is 13.8 Å². The zero-order chi connectivity index (χ0) is 9.35. The molecule has 0 saturated carbocycles. The fourth-order valence-corrected chi connectivity index (χ4v) is 1.15. The Hall–Kier alpha value is -0.870. The highest BCUT2D eigenvalue weighted by atomic mass is 16.8. The highest BCUT2D eigenvalue weighted by Crippen LogP contribution is 2.28. The van der Waals surface area contributed by atoms with Crippen molar-refractivity contribution < 1.29 is 19.4 Å². The minimum atomic E-state index is -1.02. The van der Waals surface area contributed by atoms with E-state index < -0.39 is 24.0 Å². The first-order valence-corrected chi connectivity index (χ1v) is 3.67. The lowest BCUT2D eigenvalue weighted by Crippen LogP contribution is -2.29. The minimum absolute atomic E-state index is 0.558. The van der Waals surface area contributed by atoms with Gasteiger partial charge in [-0.2, -0.15) is 0 Å². The predicted molar refractivity (Wildman–Crippen MR) is 41.7 cm³/mol. The molecule has 0 aromatic heterocycles. The topological polar surface area (TPSA) is 55.8 Å². The van der Waals surface area contributed by atoms with Crippen molar-refractivity contribution in [2.75, 3.05) is 0 Å². The molecule has 1 aliphatic rings. The van der Waals surface area contributed by atoms with Gasteiger partial charge in [-0.15, -0.1) is 6.58 Å². The van der Waals surface area contributed by atoms with Gasteiger partial charge in [0.15, 0.2) is 11.9 Å². The maximum atomic E-state index is 10.6. The summed E-state index contributed by atoms with van der Waals surface area (Å²) in [5.41, 5.74) is 0. The Morgan fingerprint density at radius 2 is 2.17 bits per heavy atom. The summed E-state index contributed by atoms with van der Waals surface area (Å²) in [5.74, 6) is -1.85. The molecule has 0 aromatic carbocycles. The standard InChI is InChI=1S/C8H12O4/c1-4-5-6(7(9)10)12-8(2,3)11-5/h4-6H,1H2,2-3H3,(H,9,10)/t5-,6-/m1/s1. The van der Waals surface area contributed by atoms with Crippen LogP contribution in [-0.2, 0) is 14.3 Å². The van der Waals surface area contributed by atoms with Crippen LogP contribution in [0.5, 0.6) is 0 Å². The molecule has 2 atom stereocenters. The van der Waals surface area contributed by atoms with E-state index in [4.69, 9.17) is 14.6 Å². The van der Waals surface area contributed by atoms with Gasteiger partial charge < -0.3 is 14.6 Å². The highest BCUT2D eigenvalue weighted by Gasteiger charge is 2.43.